The Morgan fingerprint density at radius 2 is 2.04 bits per heavy atom. The largest absolute Gasteiger partial charge is 0.342 e. The Hall–Kier alpha value is -2.70. The van der Waals surface area contributed by atoms with Crippen LogP contribution in [0.4, 0.5) is 9.18 Å². The zero-order valence-electron chi connectivity index (χ0n) is 13.0. The Labute approximate surface area is 138 Å². The van der Waals surface area contributed by atoms with Gasteiger partial charge in [0.1, 0.15) is 11.9 Å². The highest BCUT2D eigenvalue weighted by molar-refractivity contribution is 6.05. The predicted molar refractivity (Wildman–Crippen MR) is 85.3 cm³/mol. The SMILES string of the molecule is O=C1NC(=O)C(CC(=O)N2CCC(=Cc3cccc(F)c3)CC2)N1. The van der Waals surface area contributed by atoms with Crippen LogP contribution in [0.15, 0.2) is 29.8 Å². The minimum absolute atomic E-state index is 0.0273. The first kappa shape index (κ1) is 16.2. The number of imide groups is 1. The Balaban J connectivity index is 1.54. The number of carbonyl (C=O) groups excluding carboxylic acids is 3. The lowest BCUT2D eigenvalue weighted by Crippen LogP contribution is -2.41. The molecule has 1 unspecified atom stereocenters. The first-order valence-electron chi connectivity index (χ1n) is 7.85. The fourth-order valence-corrected chi connectivity index (χ4v) is 2.93. The summed E-state index contributed by atoms with van der Waals surface area (Å²) in [4.78, 5) is 36.5. The van der Waals surface area contributed by atoms with Crippen LogP contribution in [0.1, 0.15) is 24.8 Å². The van der Waals surface area contributed by atoms with E-state index in [1.807, 2.05) is 12.1 Å². The monoisotopic (exact) mass is 331 g/mol. The van der Waals surface area contributed by atoms with E-state index in [-0.39, 0.29) is 18.1 Å². The van der Waals surface area contributed by atoms with Gasteiger partial charge in [0, 0.05) is 13.1 Å². The van der Waals surface area contributed by atoms with E-state index in [1.165, 1.54) is 12.1 Å². The number of hydrogen-bond acceptors (Lipinski definition) is 3. The van der Waals surface area contributed by atoms with Crippen LogP contribution >= 0.6 is 0 Å². The van der Waals surface area contributed by atoms with Crippen LogP contribution < -0.4 is 10.6 Å². The Morgan fingerprint density at radius 1 is 1.29 bits per heavy atom. The summed E-state index contributed by atoms with van der Waals surface area (Å²) in [5.74, 6) is -0.881. The number of nitrogens with zero attached hydrogens (tertiary/aromatic N) is 1. The number of piperidine rings is 1. The maximum Gasteiger partial charge on any atom is 0.322 e. The Bertz CT molecular complexity index is 707. The van der Waals surface area contributed by atoms with Gasteiger partial charge in [-0.25, -0.2) is 9.18 Å². The summed E-state index contributed by atoms with van der Waals surface area (Å²) < 4.78 is 13.2. The zero-order chi connectivity index (χ0) is 17.1. The van der Waals surface area contributed by atoms with Gasteiger partial charge < -0.3 is 10.2 Å². The van der Waals surface area contributed by atoms with Gasteiger partial charge in [-0.15, -0.1) is 0 Å². The molecule has 2 heterocycles. The molecule has 2 aliphatic rings. The van der Waals surface area contributed by atoms with E-state index in [2.05, 4.69) is 10.6 Å². The Morgan fingerprint density at radius 3 is 2.67 bits per heavy atom. The highest BCUT2D eigenvalue weighted by Crippen LogP contribution is 2.20. The van der Waals surface area contributed by atoms with Crippen molar-refractivity contribution in [2.75, 3.05) is 13.1 Å². The van der Waals surface area contributed by atoms with Crippen molar-refractivity contribution < 1.29 is 18.8 Å². The highest BCUT2D eigenvalue weighted by atomic mass is 19.1. The molecule has 0 saturated carbocycles. The fourth-order valence-electron chi connectivity index (χ4n) is 2.93. The summed E-state index contributed by atoms with van der Waals surface area (Å²) in [6, 6.07) is 5.05. The molecule has 0 bridgehead atoms. The lowest BCUT2D eigenvalue weighted by Gasteiger charge is -2.29. The van der Waals surface area contributed by atoms with Gasteiger partial charge in [0.2, 0.25) is 5.91 Å². The minimum Gasteiger partial charge on any atom is -0.342 e. The predicted octanol–water partition coefficient (Wildman–Crippen LogP) is 1.43. The summed E-state index contributed by atoms with van der Waals surface area (Å²) in [6.45, 7) is 1.12. The number of benzene rings is 1. The third-order valence-corrected chi connectivity index (χ3v) is 4.22. The smallest absolute Gasteiger partial charge is 0.322 e. The van der Waals surface area contributed by atoms with Crippen LogP contribution in [0.25, 0.3) is 6.08 Å². The molecule has 1 aromatic carbocycles. The van der Waals surface area contributed by atoms with Crippen molar-refractivity contribution in [3.8, 4) is 0 Å². The van der Waals surface area contributed by atoms with Crippen molar-refractivity contribution >= 4 is 23.9 Å². The van der Waals surface area contributed by atoms with Crippen molar-refractivity contribution in [1.29, 1.82) is 0 Å². The van der Waals surface area contributed by atoms with Gasteiger partial charge in [-0.1, -0.05) is 23.8 Å². The number of carbonyl (C=O) groups is 3. The fraction of sp³-hybridized carbons (Fsp3) is 0.353. The number of hydrogen-bond donors (Lipinski definition) is 2. The number of halogens is 1. The third-order valence-electron chi connectivity index (χ3n) is 4.22. The topological polar surface area (TPSA) is 78.5 Å². The van der Waals surface area contributed by atoms with Crippen molar-refractivity contribution in [2.45, 2.75) is 25.3 Å². The summed E-state index contributed by atoms with van der Waals surface area (Å²) >= 11 is 0. The molecule has 7 heteroatoms. The van der Waals surface area contributed by atoms with Crippen LogP contribution in [0.3, 0.4) is 0 Å². The second-order valence-corrected chi connectivity index (χ2v) is 5.96. The van der Waals surface area contributed by atoms with E-state index in [0.29, 0.717) is 25.9 Å². The number of nitrogens with one attached hydrogen (secondary N) is 2. The molecular weight excluding hydrogens is 313 g/mol. The van der Waals surface area contributed by atoms with Crippen LogP contribution in [0.5, 0.6) is 0 Å². The van der Waals surface area contributed by atoms with E-state index < -0.39 is 18.0 Å². The molecule has 0 radical (unpaired) electrons. The van der Waals surface area contributed by atoms with Crippen LogP contribution in [-0.2, 0) is 9.59 Å². The summed E-state index contributed by atoms with van der Waals surface area (Å²) in [5.41, 5.74) is 1.98. The minimum atomic E-state index is -0.783. The highest BCUT2D eigenvalue weighted by Gasteiger charge is 2.33. The average molecular weight is 331 g/mol. The van der Waals surface area contributed by atoms with E-state index in [9.17, 15) is 18.8 Å². The molecule has 2 N–H and O–H groups in total. The summed E-state index contributed by atoms with van der Waals surface area (Å²) in [6.07, 6.45) is 3.35. The molecule has 6 nitrogen and oxygen atoms in total. The molecule has 0 aliphatic carbocycles. The van der Waals surface area contributed by atoms with Gasteiger partial charge >= 0.3 is 6.03 Å². The molecule has 1 atom stereocenters. The van der Waals surface area contributed by atoms with E-state index in [1.54, 1.807) is 11.0 Å². The first-order valence-corrected chi connectivity index (χ1v) is 7.85. The molecular formula is C17H18FN3O3. The van der Waals surface area contributed by atoms with Gasteiger partial charge in [-0.2, -0.15) is 0 Å². The number of rotatable bonds is 3. The van der Waals surface area contributed by atoms with Crippen LogP contribution in [-0.4, -0.2) is 41.9 Å². The quantitative estimate of drug-likeness (QED) is 0.823. The molecule has 0 aromatic heterocycles. The van der Waals surface area contributed by atoms with Gasteiger partial charge in [-0.05, 0) is 30.5 Å². The third kappa shape index (κ3) is 3.79. The van der Waals surface area contributed by atoms with Crippen molar-refractivity contribution in [1.82, 2.24) is 15.5 Å². The standard InChI is InChI=1S/C17H18FN3O3/c18-13-3-1-2-12(9-13)8-11-4-6-21(7-5-11)15(22)10-14-16(23)20-17(24)19-14/h1-3,8-9,14H,4-7,10H2,(H2,19,20,23,24). The molecule has 4 amide bonds. The van der Waals surface area contributed by atoms with Crippen LogP contribution in [0, 0.1) is 5.82 Å². The lowest BCUT2D eigenvalue weighted by atomic mass is 10.00. The number of amides is 4. The average Bonchev–Trinajstić information content (AvgIpc) is 2.85. The van der Waals surface area contributed by atoms with E-state index in [0.717, 1.165) is 11.1 Å². The number of urea groups is 1. The van der Waals surface area contributed by atoms with Gasteiger partial charge in [0.15, 0.2) is 0 Å². The second kappa shape index (κ2) is 6.82. The second-order valence-electron chi connectivity index (χ2n) is 5.96. The van der Waals surface area contributed by atoms with Crippen molar-refractivity contribution in [2.24, 2.45) is 0 Å². The number of likely N-dealkylation sites (tertiary alicyclic amines) is 1. The maximum absolute atomic E-state index is 13.2. The molecule has 0 spiro atoms. The van der Waals surface area contributed by atoms with Crippen molar-refractivity contribution in [3.05, 3.63) is 41.2 Å². The molecule has 24 heavy (non-hydrogen) atoms. The van der Waals surface area contributed by atoms with E-state index in [4.69, 9.17) is 0 Å². The lowest BCUT2D eigenvalue weighted by molar-refractivity contribution is -0.134. The van der Waals surface area contributed by atoms with Crippen molar-refractivity contribution in [3.63, 3.8) is 0 Å². The summed E-state index contributed by atoms with van der Waals surface area (Å²) in [7, 11) is 0. The molecule has 2 aliphatic heterocycles. The normalized spacial score (nSPS) is 20.6. The van der Waals surface area contributed by atoms with E-state index >= 15 is 0 Å². The van der Waals surface area contributed by atoms with Gasteiger partial charge in [0.05, 0.1) is 6.42 Å². The zero-order valence-corrected chi connectivity index (χ0v) is 13.0. The van der Waals surface area contributed by atoms with Gasteiger partial charge in [-0.3, -0.25) is 14.9 Å². The molecule has 2 fully saturated rings. The van der Waals surface area contributed by atoms with Gasteiger partial charge in [0.25, 0.3) is 5.91 Å². The maximum atomic E-state index is 13.2. The molecule has 1 aromatic rings. The summed E-state index contributed by atoms with van der Waals surface area (Å²) in [5, 5.41) is 4.54. The first-order chi connectivity index (χ1) is 11.5. The molecule has 126 valence electrons. The van der Waals surface area contributed by atoms with Crippen LogP contribution in [0.2, 0.25) is 0 Å². The molecule has 2 saturated heterocycles. The Kier molecular flexibility index (Phi) is 4.59. The molecule has 3 rings (SSSR count).